The van der Waals surface area contributed by atoms with E-state index in [1.54, 1.807) is 12.1 Å². The number of nitriles is 1. The Labute approximate surface area is 152 Å². The molecule has 1 aromatic carbocycles. The lowest BCUT2D eigenvalue weighted by Gasteiger charge is -2.12. The molecule has 0 aliphatic rings. The van der Waals surface area contributed by atoms with Crippen LogP contribution in [0, 0.1) is 11.3 Å². The zero-order valence-electron chi connectivity index (χ0n) is 14.5. The van der Waals surface area contributed by atoms with Crippen LogP contribution in [0.2, 0.25) is 5.02 Å². The zero-order valence-corrected chi connectivity index (χ0v) is 15.3. The first-order chi connectivity index (χ1) is 12.0. The fourth-order valence-electron chi connectivity index (χ4n) is 2.64. The van der Waals surface area contributed by atoms with E-state index in [0.717, 1.165) is 23.5 Å². The van der Waals surface area contributed by atoms with E-state index in [1.165, 1.54) is 0 Å². The molecule has 3 aromatic rings. The number of halogens is 1. The molecule has 2 heterocycles. The van der Waals surface area contributed by atoms with Gasteiger partial charge in [0.25, 0.3) is 0 Å². The maximum Gasteiger partial charge on any atom is 0.101 e. The number of hydrogen-bond donors (Lipinski definition) is 0. The first-order valence-electron chi connectivity index (χ1n) is 8.26. The summed E-state index contributed by atoms with van der Waals surface area (Å²) in [6, 6.07) is 11.6. The molecule has 5 nitrogen and oxygen atoms in total. The summed E-state index contributed by atoms with van der Waals surface area (Å²) in [7, 11) is 0. The van der Waals surface area contributed by atoms with E-state index < -0.39 is 0 Å². The van der Waals surface area contributed by atoms with Gasteiger partial charge in [0.1, 0.15) is 6.07 Å². The minimum Gasteiger partial charge on any atom is -0.270 e. The molecular formula is C19H20ClN5. The van der Waals surface area contributed by atoms with Crippen molar-refractivity contribution >= 4 is 11.6 Å². The van der Waals surface area contributed by atoms with Gasteiger partial charge in [-0.3, -0.25) is 9.36 Å². The van der Waals surface area contributed by atoms with E-state index >= 15 is 0 Å². The minimum atomic E-state index is 0.199. The highest BCUT2D eigenvalue weighted by Gasteiger charge is 2.11. The first-order valence-corrected chi connectivity index (χ1v) is 8.64. The molecule has 0 saturated carbocycles. The van der Waals surface area contributed by atoms with Gasteiger partial charge in [-0.1, -0.05) is 31.5 Å². The number of hydrogen-bond acceptors (Lipinski definition) is 3. The number of benzene rings is 1. The minimum absolute atomic E-state index is 0.199. The van der Waals surface area contributed by atoms with E-state index in [2.05, 4.69) is 43.1 Å². The SMILES string of the molecule is CC(C)c1ccn([C@@H](C)Cn2ccc(-c3ccc(C#N)c(Cl)c3)n2)n1. The molecular weight excluding hydrogens is 334 g/mol. The Morgan fingerprint density at radius 3 is 2.56 bits per heavy atom. The lowest BCUT2D eigenvalue weighted by Crippen LogP contribution is -2.14. The Morgan fingerprint density at radius 1 is 1.12 bits per heavy atom. The Bertz CT molecular complexity index is 916. The van der Waals surface area contributed by atoms with Gasteiger partial charge in [0.15, 0.2) is 0 Å². The molecule has 0 aliphatic carbocycles. The van der Waals surface area contributed by atoms with Crippen LogP contribution < -0.4 is 0 Å². The Hall–Kier alpha value is -2.58. The van der Waals surface area contributed by atoms with Gasteiger partial charge >= 0.3 is 0 Å². The van der Waals surface area contributed by atoms with E-state index in [-0.39, 0.29) is 6.04 Å². The van der Waals surface area contributed by atoms with Crippen LogP contribution in [-0.2, 0) is 6.54 Å². The van der Waals surface area contributed by atoms with Crippen LogP contribution in [0.15, 0.2) is 42.7 Å². The average Bonchev–Trinajstić information content (AvgIpc) is 3.24. The standard InChI is InChI=1S/C19H20ClN5/c1-13(2)18-7-9-25(23-18)14(3)12-24-8-6-19(22-24)15-4-5-16(11-21)17(20)10-15/h4-10,13-14H,12H2,1-3H3/t14-/m0/s1. The van der Waals surface area contributed by atoms with Crippen molar-refractivity contribution in [3.8, 4) is 17.3 Å². The summed E-state index contributed by atoms with van der Waals surface area (Å²) in [6.07, 6.45) is 3.97. The summed E-state index contributed by atoms with van der Waals surface area (Å²) < 4.78 is 3.89. The van der Waals surface area contributed by atoms with Gasteiger partial charge in [0.05, 0.1) is 34.6 Å². The summed E-state index contributed by atoms with van der Waals surface area (Å²) >= 11 is 6.11. The molecule has 0 saturated heterocycles. The molecule has 0 radical (unpaired) electrons. The average molecular weight is 354 g/mol. The molecule has 0 amide bonds. The van der Waals surface area contributed by atoms with Gasteiger partial charge in [-0.25, -0.2) is 0 Å². The molecule has 3 rings (SSSR count). The molecule has 1 atom stereocenters. The summed E-state index contributed by atoms with van der Waals surface area (Å²) in [5.41, 5.74) is 3.30. The topological polar surface area (TPSA) is 59.4 Å². The maximum atomic E-state index is 8.96. The van der Waals surface area contributed by atoms with Crippen molar-refractivity contribution in [2.45, 2.75) is 39.3 Å². The molecule has 0 unspecified atom stereocenters. The molecule has 6 heteroatoms. The van der Waals surface area contributed by atoms with Crippen LogP contribution in [-0.4, -0.2) is 19.6 Å². The Balaban J connectivity index is 1.75. The molecule has 0 spiro atoms. The van der Waals surface area contributed by atoms with Crippen LogP contribution in [0.3, 0.4) is 0 Å². The fourth-order valence-corrected chi connectivity index (χ4v) is 2.87. The van der Waals surface area contributed by atoms with Gasteiger partial charge in [-0.05, 0) is 37.1 Å². The van der Waals surface area contributed by atoms with Crippen molar-refractivity contribution in [2.75, 3.05) is 0 Å². The quantitative estimate of drug-likeness (QED) is 0.670. The largest absolute Gasteiger partial charge is 0.270 e. The Kier molecular flexibility index (Phi) is 4.91. The van der Waals surface area contributed by atoms with Gasteiger partial charge in [0.2, 0.25) is 0 Å². The van der Waals surface area contributed by atoms with Crippen LogP contribution >= 0.6 is 11.6 Å². The normalized spacial score (nSPS) is 12.3. The van der Waals surface area contributed by atoms with E-state index in [1.807, 2.05) is 33.9 Å². The predicted octanol–water partition coefficient (Wildman–Crippen LogP) is 4.66. The molecule has 128 valence electrons. The second-order valence-electron chi connectivity index (χ2n) is 6.45. The highest BCUT2D eigenvalue weighted by atomic mass is 35.5. The molecule has 0 bridgehead atoms. The summed E-state index contributed by atoms with van der Waals surface area (Å²) in [4.78, 5) is 0. The summed E-state index contributed by atoms with van der Waals surface area (Å²) in [6.45, 7) is 7.12. The smallest absolute Gasteiger partial charge is 0.101 e. The second kappa shape index (κ2) is 7.12. The van der Waals surface area contributed by atoms with Crippen molar-refractivity contribution in [1.29, 1.82) is 5.26 Å². The van der Waals surface area contributed by atoms with Crippen LogP contribution in [0.5, 0.6) is 0 Å². The van der Waals surface area contributed by atoms with Crippen LogP contribution in [0.1, 0.15) is 44.0 Å². The van der Waals surface area contributed by atoms with Gasteiger partial charge in [-0.15, -0.1) is 0 Å². The second-order valence-corrected chi connectivity index (χ2v) is 6.86. The fraction of sp³-hybridized carbons (Fsp3) is 0.316. The summed E-state index contributed by atoms with van der Waals surface area (Å²) in [5.74, 6) is 0.422. The molecule has 0 N–H and O–H groups in total. The van der Waals surface area contributed by atoms with Crippen molar-refractivity contribution in [2.24, 2.45) is 0 Å². The first kappa shape index (κ1) is 17.2. The highest BCUT2D eigenvalue weighted by molar-refractivity contribution is 6.32. The van der Waals surface area contributed by atoms with Crippen molar-refractivity contribution in [1.82, 2.24) is 19.6 Å². The molecule has 2 aromatic heterocycles. The molecule has 0 fully saturated rings. The van der Waals surface area contributed by atoms with Crippen molar-refractivity contribution < 1.29 is 0 Å². The Morgan fingerprint density at radius 2 is 1.92 bits per heavy atom. The van der Waals surface area contributed by atoms with Gasteiger partial charge in [0, 0.05) is 18.0 Å². The third-order valence-electron chi connectivity index (χ3n) is 4.15. The molecule has 0 aliphatic heterocycles. The van der Waals surface area contributed by atoms with E-state index in [4.69, 9.17) is 16.9 Å². The lowest BCUT2D eigenvalue weighted by atomic mass is 10.1. The van der Waals surface area contributed by atoms with Crippen LogP contribution in [0.25, 0.3) is 11.3 Å². The van der Waals surface area contributed by atoms with Gasteiger partial charge < -0.3 is 0 Å². The third kappa shape index (κ3) is 3.75. The van der Waals surface area contributed by atoms with Gasteiger partial charge in [-0.2, -0.15) is 15.5 Å². The van der Waals surface area contributed by atoms with Crippen molar-refractivity contribution in [3.05, 3.63) is 59.0 Å². The maximum absolute atomic E-state index is 8.96. The molecule has 25 heavy (non-hydrogen) atoms. The monoisotopic (exact) mass is 353 g/mol. The number of nitrogens with zero attached hydrogens (tertiary/aromatic N) is 5. The van der Waals surface area contributed by atoms with Crippen molar-refractivity contribution in [3.63, 3.8) is 0 Å². The summed E-state index contributed by atoms with van der Waals surface area (Å²) in [5, 5.41) is 18.7. The third-order valence-corrected chi connectivity index (χ3v) is 4.46. The van der Waals surface area contributed by atoms with Crippen LogP contribution in [0.4, 0.5) is 0 Å². The highest BCUT2D eigenvalue weighted by Crippen LogP contribution is 2.24. The zero-order chi connectivity index (χ0) is 18.0. The predicted molar refractivity (Wildman–Crippen MR) is 98.4 cm³/mol. The lowest BCUT2D eigenvalue weighted by molar-refractivity contribution is 0.402. The van der Waals surface area contributed by atoms with E-state index in [0.29, 0.717) is 16.5 Å². The van der Waals surface area contributed by atoms with E-state index in [9.17, 15) is 0 Å². The number of aromatic nitrogens is 4. The number of rotatable bonds is 5.